The van der Waals surface area contributed by atoms with E-state index in [1.165, 1.54) is 0 Å². The number of rotatable bonds is 3. The molecule has 1 unspecified atom stereocenters. The van der Waals surface area contributed by atoms with Crippen LogP contribution in [0.5, 0.6) is 0 Å². The molecular weight excluding hydrogens is 157 g/mol. The van der Waals surface area contributed by atoms with Crippen molar-refractivity contribution in [2.45, 2.75) is 6.17 Å². The third-order valence-corrected chi connectivity index (χ3v) is 1.47. The van der Waals surface area contributed by atoms with Crippen molar-refractivity contribution in [3.05, 3.63) is 46.3 Å². The van der Waals surface area contributed by atoms with Crippen LogP contribution < -0.4 is 0 Å². The molecule has 0 heterocycles. The topological polar surface area (TPSA) is 48.8 Å². The van der Waals surface area contributed by atoms with E-state index in [-0.39, 0.29) is 6.54 Å². The van der Waals surface area contributed by atoms with Gasteiger partial charge in [-0.1, -0.05) is 35.4 Å². The van der Waals surface area contributed by atoms with Gasteiger partial charge in [0.15, 0.2) is 0 Å². The third kappa shape index (κ3) is 2.25. The Bertz CT molecular complexity index is 280. The average molecular weight is 165 g/mol. The van der Waals surface area contributed by atoms with Crippen LogP contribution in [0.25, 0.3) is 10.4 Å². The van der Waals surface area contributed by atoms with Crippen LogP contribution in [0.1, 0.15) is 11.7 Å². The maximum atomic E-state index is 13.1. The third-order valence-electron chi connectivity index (χ3n) is 1.47. The Morgan fingerprint density at radius 1 is 1.42 bits per heavy atom. The average Bonchev–Trinajstić information content (AvgIpc) is 2.15. The van der Waals surface area contributed by atoms with Gasteiger partial charge in [0.25, 0.3) is 0 Å². The summed E-state index contributed by atoms with van der Waals surface area (Å²) in [5.74, 6) is 0. The highest BCUT2D eigenvalue weighted by Crippen LogP contribution is 2.16. The monoisotopic (exact) mass is 165 g/mol. The molecule has 0 saturated heterocycles. The van der Waals surface area contributed by atoms with Crippen LogP contribution in [0.2, 0.25) is 0 Å². The minimum atomic E-state index is -1.19. The largest absolute Gasteiger partial charge is 0.242 e. The molecule has 0 amide bonds. The number of hydrogen-bond donors (Lipinski definition) is 0. The molecule has 0 fully saturated rings. The predicted octanol–water partition coefficient (Wildman–Crippen LogP) is 3.01. The van der Waals surface area contributed by atoms with E-state index in [0.29, 0.717) is 5.56 Å². The van der Waals surface area contributed by atoms with Gasteiger partial charge in [0.1, 0.15) is 6.17 Å². The fourth-order valence-corrected chi connectivity index (χ4v) is 0.875. The molecule has 1 atom stereocenters. The predicted molar refractivity (Wildman–Crippen MR) is 44.3 cm³/mol. The van der Waals surface area contributed by atoms with Crippen molar-refractivity contribution in [2.75, 3.05) is 6.54 Å². The number of alkyl halides is 1. The fourth-order valence-electron chi connectivity index (χ4n) is 0.875. The summed E-state index contributed by atoms with van der Waals surface area (Å²) < 4.78 is 13.1. The highest BCUT2D eigenvalue weighted by Gasteiger charge is 2.06. The van der Waals surface area contributed by atoms with Crippen LogP contribution in [0.15, 0.2) is 35.4 Å². The van der Waals surface area contributed by atoms with Gasteiger partial charge >= 0.3 is 0 Å². The lowest BCUT2D eigenvalue weighted by molar-refractivity contribution is 0.353. The summed E-state index contributed by atoms with van der Waals surface area (Å²) in [6, 6.07) is 8.63. The second-order valence-corrected chi connectivity index (χ2v) is 2.29. The van der Waals surface area contributed by atoms with Crippen LogP contribution in [0.3, 0.4) is 0 Å². The van der Waals surface area contributed by atoms with Crippen LogP contribution in [0.4, 0.5) is 4.39 Å². The number of halogens is 1. The van der Waals surface area contributed by atoms with Gasteiger partial charge in [-0.2, -0.15) is 0 Å². The van der Waals surface area contributed by atoms with E-state index < -0.39 is 6.17 Å². The molecule has 0 N–H and O–H groups in total. The lowest BCUT2D eigenvalue weighted by Crippen LogP contribution is -1.93. The number of benzene rings is 1. The minimum absolute atomic E-state index is 0.138. The molecule has 1 rings (SSSR count). The molecule has 0 aliphatic heterocycles. The quantitative estimate of drug-likeness (QED) is 0.375. The molecule has 4 heteroatoms. The van der Waals surface area contributed by atoms with E-state index in [4.69, 9.17) is 5.53 Å². The summed E-state index contributed by atoms with van der Waals surface area (Å²) in [6.07, 6.45) is -1.19. The maximum absolute atomic E-state index is 13.1. The molecule has 0 aliphatic carbocycles. The van der Waals surface area contributed by atoms with E-state index in [2.05, 4.69) is 10.0 Å². The highest BCUT2D eigenvalue weighted by atomic mass is 19.1. The number of azide groups is 1. The minimum Gasteiger partial charge on any atom is -0.242 e. The lowest BCUT2D eigenvalue weighted by Gasteiger charge is -2.02. The second-order valence-electron chi connectivity index (χ2n) is 2.29. The summed E-state index contributed by atoms with van der Waals surface area (Å²) in [6.45, 7) is -0.138. The van der Waals surface area contributed by atoms with Crippen molar-refractivity contribution in [1.29, 1.82) is 0 Å². The summed E-state index contributed by atoms with van der Waals surface area (Å²) in [7, 11) is 0. The van der Waals surface area contributed by atoms with Crippen LogP contribution in [-0.2, 0) is 0 Å². The van der Waals surface area contributed by atoms with E-state index >= 15 is 0 Å². The molecule has 0 aromatic heterocycles. The summed E-state index contributed by atoms with van der Waals surface area (Å²) in [4.78, 5) is 2.49. The molecule has 1 aromatic carbocycles. The number of hydrogen-bond acceptors (Lipinski definition) is 1. The van der Waals surface area contributed by atoms with Gasteiger partial charge in [-0.15, -0.1) is 0 Å². The first-order valence-corrected chi connectivity index (χ1v) is 3.54. The maximum Gasteiger partial charge on any atom is 0.131 e. The van der Waals surface area contributed by atoms with Gasteiger partial charge in [-0.3, -0.25) is 0 Å². The van der Waals surface area contributed by atoms with Gasteiger partial charge in [-0.25, -0.2) is 4.39 Å². The number of nitrogens with zero attached hydrogens (tertiary/aromatic N) is 3. The van der Waals surface area contributed by atoms with E-state index in [1.54, 1.807) is 24.3 Å². The zero-order valence-corrected chi connectivity index (χ0v) is 6.39. The molecule has 0 spiro atoms. The van der Waals surface area contributed by atoms with Crippen molar-refractivity contribution in [3.63, 3.8) is 0 Å². The molecule has 0 aliphatic rings. The summed E-state index contributed by atoms with van der Waals surface area (Å²) >= 11 is 0. The van der Waals surface area contributed by atoms with Gasteiger partial charge in [0.05, 0.1) is 6.54 Å². The van der Waals surface area contributed by atoms with Crippen molar-refractivity contribution in [1.82, 2.24) is 0 Å². The molecule has 12 heavy (non-hydrogen) atoms. The van der Waals surface area contributed by atoms with Gasteiger partial charge in [0, 0.05) is 4.91 Å². The van der Waals surface area contributed by atoms with Crippen molar-refractivity contribution in [2.24, 2.45) is 5.11 Å². The first kappa shape index (κ1) is 8.56. The summed E-state index contributed by atoms with van der Waals surface area (Å²) in [5.41, 5.74) is 8.50. The van der Waals surface area contributed by atoms with Gasteiger partial charge in [-0.05, 0) is 11.1 Å². The normalized spacial score (nSPS) is 11.8. The van der Waals surface area contributed by atoms with Crippen LogP contribution >= 0.6 is 0 Å². The second kappa shape index (κ2) is 4.36. The zero-order valence-electron chi connectivity index (χ0n) is 6.39. The molecule has 0 radical (unpaired) electrons. The van der Waals surface area contributed by atoms with Crippen molar-refractivity contribution in [3.8, 4) is 0 Å². The highest BCUT2D eigenvalue weighted by molar-refractivity contribution is 5.17. The molecule has 62 valence electrons. The smallest absolute Gasteiger partial charge is 0.131 e. The Kier molecular flexibility index (Phi) is 3.11. The van der Waals surface area contributed by atoms with E-state index in [1.807, 2.05) is 6.07 Å². The molecule has 1 aromatic rings. The SMILES string of the molecule is [N-]=[N+]=NCC(F)c1ccccc1. The van der Waals surface area contributed by atoms with Crippen LogP contribution in [0, 0.1) is 0 Å². The fraction of sp³-hybridized carbons (Fsp3) is 0.250. The first-order chi connectivity index (χ1) is 5.84. The van der Waals surface area contributed by atoms with Gasteiger partial charge < -0.3 is 0 Å². The Morgan fingerprint density at radius 3 is 2.67 bits per heavy atom. The molecule has 0 saturated carbocycles. The van der Waals surface area contributed by atoms with E-state index in [0.717, 1.165) is 0 Å². The summed E-state index contributed by atoms with van der Waals surface area (Å²) in [5, 5.41) is 3.15. The first-order valence-electron chi connectivity index (χ1n) is 3.54. The van der Waals surface area contributed by atoms with Crippen molar-refractivity contribution >= 4 is 0 Å². The standard InChI is InChI=1S/C8H8FN3/c9-8(6-11-12-10)7-4-2-1-3-5-7/h1-5,8H,6H2. The molecule has 3 nitrogen and oxygen atoms in total. The van der Waals surface area contributed by atoms with Gasteiger partial charge in [0.2, 0.25) is 0 Å². The van der Waals surface area contributed by atoms with Crippen LogP contribution in [-0.4, -0.2) is 6.54 Å². The Labute approximate surface area is 69.5 Å². The lowest BCUT2D eigenvalue weighted by atomic mass is 10.1. The Balaban J connectivity index is 2.65. The zero-order chi connectivity index (χ0) is 8.81. The Morgan fingerprint density at radius 2 is 2.08 bits per heavy atom. The Hall–Kier alpha value is -1.54. The molecule has 0 bridgehead atoms. The van der Waals surface area contributed by atoms with E-state index in [9.17, 15) is 4.39 Å². The van der Waals surface area contributed by atoms with Crippen molar-refractivity contribution < 1.29 is 4.39 Å². The molecular formula is C8H8FN3.